The van der Waals surface area contributed by atoms with Gasteiger partial charge in [-0.1, -0.05) is 39.0 Å². The number of rotatable bonds is 8. The summed E-state index contributed by atoms with van der Waals surface area (Å²) in [7, 11) is 0. The molecular weight excluding hydrogens is 232 g/mol. The van der Waals surface area contributed by atoms with Crippen molar-refractivity contribution in [2.45, 2.75) is 47.1 Å². The molecule has 1 aromatic rings. The van der Waals surface area contributed by atoms with Crippen LogP contribution in [0.15, 0.2) is 18.2 Å². The van der Waals surface area contributed by atoms with Gasteiger partial charge in [-0.05, 0) is 63.1 Å². The Kier molecular flexibility index (Phi) is 7.11. The molecule has 108 valence electrons. The van der Waals surface area contributed by atoms with Gasteiger partial charge in [0.1, 0.15) is 0 Å². The maximum atomic E-state index is 3.62. The van der Waals surface area contributed by atoms with E-state index in [1.165, 1.54) is 23.1 Å². The quantitative estimate of drug-likeness (QED) is 0.768. The first-order chi connectivity index (χ1) is 9.12. The Hall–Kier alpha value is -0.860. The average molecular weight is 262 g/mol. The molecule has 2 nitrogen and oxygen atoms in total. The number of hydrogen-bond acceptors (Lipinski definition) is 2. The minimum absolute atomic E-state index is 0.477. The number of benzene rings is 1. The van der Waals surface area contributed by atoms with Gasteiger partial charge in [0.25, 0.3) is 0 Å². The standard InChI is InChI=1S/C17H30N2/c1-6-18-17(11-12-19(7-2)8-3)16-10-9-14(4)15(5)13-16/h9-10,13,17-18H,6-8,11-12H2,1-5H3. The third kappa shape index (κ3) is 4.96. The zero-order valence-corrected chi connectivity index (χ0v) is 13.3. The molecule has 0 radical (unpaired) electrons. The van der Waals surface area contributed by atoms with E-state index in [1.807, 2.05) is 0 Å². The van der Waals surface area contributed by atoms with Crippen LogP contribution in [0.2, 0.25) is 0 Å². The summed E-state index contributed by atoms with van der Waals surface area (Å²) in [6.07, 6.45) is 1.18. The molecule has 1 aromatic carbocycles. The molecule has 0 aliphatic rings. The Labute approximate surface area is 119 Å². The molecule has 0 aliphatic carbocycles. The molecule has 0 amide bonds. The van der Waals surface area contributed by atoms with E-state index in [9.17, 15) is 0 Å². The molecule has 1 N–H and O–H groups in total. The van der Waals surface area contributed by atoms with Crippen molar-refractivity contribution in [1.82, 2.24) is 10.2 Å². The second kappa shape index (κ2) is 8.34. The lowest BCUT2D eigenvalue weighted by Gasteiger charge is -2.24. The maximum absolute atomic E-state index is 3.62. The van der Waals surface area contributed by atoms with Crippen LogP contribution < -0.4 is 5.32 Å². The van der Waals surface area contributed by atoms with E-state index in [1.54, 1.807) is 0 Å². The lowest BCUT2D eigenvalue weighted by molar-refractivity contribution is 0.282. The van der Waals surface area contributed by atoms with Crippen LogP contribution in [0.5, 0.6) is 0 Å². The first-order valence-corrected chi connectivity index (χ1v) is 7.65. The van der Waals surface area contributed by atoms with Crippen LogP contribution in [0.3, 0.4) is 0 Å². The molecule has 0 saturated carbocycles. The van der Waals surface area contributed by atoms with E-state index in [2.05, 4.69) is 63.0 Å². The first kappa shape index (κ1) is 16.2. The van der Waals surface area contributed by atoms with Gasteiger partial charge >= 0.3 is 0 Å². The second-order valence-corrected chi connectivity index (χ2v) is 5.27. The van der Waals surface area contributed by atoms with Gasteiger partial charge in [0.05, 0.1) is 0 Å². The van der Waals surface area contributed by atoms with Crippen molar-refractivity contribution in [3.8, 4) is 0 Å². The summed E-state index contributed by atoms with van der Waals surface area (Å²) in [5, 5.41) is 3.62. The summed E-state index contributed by atoms with van der Waals surface area (Å²) in [4.78, 5) is 2.49. The highest BCUT2D eigenvalue weighted by Gasteiger charge is 2.12. The lowest BCUT2D eigenvalue weighted by Crippen LogP contribution is -2.29. The third-order valence-electron chi connectivity index (χ3n) is 4.01. The fourth-order valence-electron chi connectivity index (χ4n) is 2.47. The molecule has 0 heterocycles. The smallest absolute Gasteiger partial charge is 0.0332 e. The molecule has 2 heteroatoms. The summed E-state index contributed by atoms with van der Waals surface area (Å²) in [6.45, 7) is 15.5. The fourth-order valence-corrected chi connectivity index (χ4v) is 2.47. The first-order valence-electron chi connectivity index (χ1n) is 7.65. The zero-order chi connectivity index (χ0) is 14.3. The topological polar surface area (TPSA) is 15.3 Å². The second-order valence-electron chi connectivity index (χ2n) is 5.27. The number of nitrogens with one attached hydrogen (secondary N) is 1. The predicted molar refractivity (Wildman–Crippen MR) is 84.7 cm³/mol. The van der Waals surface area contributed by atoms with E-state index >= 15 is 0 Å². The lowest BCUT2D eigenvalue weighted by atomic mass is 9.98. The minimum Gasteiger partial charge on any atom is -0.310 e. The monoisotopic (exact) mass is 262 g/mol. The molecule has 0 saturated heterocycles. The summed E-state index contributed by atoms with van der Waals surface area (Å²) < 4.78 is 0. The number of aryl methyl sites for hydroxylation is 2. The van der Waals surface area contributed by atoms with Crippen LogP contribution in [-0.2, 0) is 0 Å². The fraction of sp³-hybridized carbons (Fsp3) is 0.647. The van der Waals surface area contributed by atoms with Crippen molar-refractivity contribution in [1.29, 1.82) is 0 Å². The minimum atomic E-state index is 0.477. The van der Waals surface area contributed by atoms with Crippen LogP contribution in [-0.4, -0.2) is 31.1 Å². The average Bonchev–Trinajstić information content (AvgIpc) is 2.42. The summed E-state index contributed by atoms with van der Waals surface area (Å²) in [6, 6.07) is 7.33. The van der Waals surface area contributed by atoms with Crippen molar-refractivity contribution >= 4 is 0 Å². The Morgan fingerprint density at radius 2 is 1.74 bits per heavy atom. The van der Waals surface area contributed by atoms with Gasteiger partial charge in [0.15, 0.2) is 0 Å². The van der Waals surface area contributed by atoms with Crippen molar-refractivity contribution in [2.75, 3.05) is 26.2 Å². The predicted octanol–water partition coefficient (Wildman–Crippen LogP) is 3.69. The number of nitrogens with zero attached hydrogens (tertiary/aromatic N) is 1. The summed E-state index contributed by atoms with van der Waals surface area (Å²) in [5.74, 6) is 0. The highest BCUT2D eigenvalue weighted by molar-refractivity contribution is 5.31. The highest BCUT2D eigenvalue weighted by Crippen LogP contribution is 2.20. The van der Waals surface area contributed by atoms with Gasteiger partial charge in [-0.3, -0.25) is 0 Å². The third-order valence-corrected chi connectivity index (χ3v) is 4.01. The van der Waals surface area contributed by atoms with E-state index in [4.69, 9.17) is 0 Å². The van der Waals surface area contributed by atoms with Crippen LogP contribution in [0.25, 0.3) is 0 Å². The maximum Gasteiger partial charge on any atom is 0.0332 e. The molecule has 0 aliphatic heterocycles. The van der Waals surface area contributed by atoms with Gasteiger partial charge < -0.3 is 10.2 Å². The molecule has 1 rings (SSSR count). The van der Waals surface area contributed by atoms with Crippen molar-refractivity contribution in [2.24, 2.45) is 0 Å². The van der Waals surface area contributed by atoms with E-state index < -0.39 is 0 Å². The van der Waals surface area contributed by atoms with Crippen molar-refractivity contribution in [3.05, 3.63) is 34.9 Å². The van der Waals surface area contributed by atoms with E-state index in [0.717, 1.165) is 26.2 Å². The SMILES string of the molecule is CCNC(CCN(CC)CC)c1ccc(C)c(C)c1. The molecule has 1 unspecified atom stereocenters. The number of hydrogen-bond donors (Lipinski definition) is 1. The van der Waals surface area contributed by atoms with E-state index in [0.29, 0.717) is 6.04 Å². The molecule has 0 bridgehead atoms. The zero-order valence-electron chi connectivity index (χ0n) is 13.3. The molecular formula is C17H30N2. The van der Waals surface area contributed by atoms with Gasteiger partial charge in [-0.2, -0.15) is 0 Å². The highest BCUT2D eigenvalue weighted by atomic mass is 15.1. The molecule has 19 heavy (non-hydrogen) atoms. The Morgan fingerprint density at radius 3 is 2.26 bits per heavy atom. The molecule has 1 atom stereocenters. The van der Waals surface area contributed by atoms with Crippen molar-refractivity contribution in [3.63, 3.8) is 0 Å². The Bertz CT molecular complexity index is 370. The normalized spacial score (nSPS) is 12.9. The van der Waals surface area contributed by atoms with Gasteiger partial charge in [0, 0.05) is 6.04 Å². The van der Waals surface area contributed by atoms with Crippen LogP contribution >= 0.6 is 0 Å². The molecule has 0 spiro atoms. The van der Waals surface area contributed by atoms with Crippen LogP contribution in [0, 0.1) is 13.8 Å². The van der Waals surface area contributed by atoms with Crippen molar-refractivity contribution < 1.29 is 0 Å². The Balaban J connectivity index is 2.73. The molecule has 0 fully saturated rings. The van der Waals surface area contributed by atoms with Gasteiger partial charge in [-0.15, -0.1) is 0 Å². The molecule has 0 aromatic heterocycles. The van der Waals surface area contributed by atoms with Crippen LogP contribution in [0.1, 0.15) is 49.9 Å². The van der Waals surface area contributed by atoms with Crippen LogP contribution in [0.4, 0.5) is 0 Å². The van der Waals surface area contributed by atoms with E-state index in [-0.39, 0.29) is 0 Å². The Morgan fingerprint density at radius 1 is 1.05 bits per heavy atom. The van der Waals surface area contributed by atoms with Gasteiger partial charge in [0.2, 0.25) is 0 Å². The van der Waals surface area contributed by atoms with Gasteiger partial charge in [-0.25, -0.2) is 0 Å². The summed E-state index contributed by atoms with van der Waals surface area (Å²) >= 11 is 0. The summed E-state index contributed by atoms with van der Waals surface area (Å²) in [5.41, 5.74) is 4.20. The largest absolute Gasteiger partial charge is 0.310 e.